The number of rotatable bonds is 5. The molecule has 1 unspecified atom stereocenters. The molecule has 0 aliphatic rings. The first kappa shape index (κ1) is 16.3. The Kier molecular flexibility index (Phi) is 5.57. The van der Waals surface area contributed by atoms with E-state index < -0.39 is 0 Å². The first-order chi connectivity index (χ1) is 7.46. The number of ketones is 2. The molecule has 0 radical (unpaired) electrons. The maximum absolute atomic E-state index is 12.0. The second-order valence-electron chi connectivity index (χ2n) is 7.08. The van der Waals surface area contributed by atoms with E-state index in [2.05, 4.69) is 0 Å². The van der Waals surface area contributed by atoms with E-state index >= 15 is 0 Å². The fourth-order valence-corrected chi connectivity index (χ4v) is 1.81. The SMILES string of the molecule is CC(CCCC(=O)C(C)(C)C)C(=O)C(C)(C)C. The van der Waals surface area contributed by atoms with Crippen molar-refractivity contribution in [3.05, 3.63) is 0 Å². The number of Topliss-reactive ketones (excluding diaryl/α,β-unsaturated/α-hetero) is 2. The highest BCUT2D eigenvalue weighted by Crippen LogP contribution is 2.24. The lowest BCUT2D eigenvalue weighted by atomic mass is 9.81. The third-order valence-corrected chi connectivity index (χ3v) is 3.06. The van der Waals surface area contributed by atoms with Crippen molar-refractivity contribution in [2.24, 2.45) is 16.7 Å². The summed E-state index contributed by atoms with van der Waals surface area (Å²) in [6, 6.07) is 0. The molecule has 2 nitrogen and oxygen atoms in total. The zero-order valence-corrected chi connectivity index (χ0v) is 12.5. The Morgan fingerprint density at radius 1 is 0.941 bits per heavy atom. The fourth-order valence-electron chi connectivity index (χ4n) is 1.81. The van der Waals surface area contributed by atoms with Crippen LogP contribution in [0.1, 0.15) is 67.7 Å². The van der Waals surface area contributed by atoms with Gasteiger partial charge in [0.1, 0.15) is 11.6 Å². The van der Waals surface area contributed by atoms with Crippen LogP contribution in [0.2, 0.25) is 0 Å². The molecule has 0 aromatic heterocycles. The number of carbonyl (C=O) groups excluding carboxylic acids is 2. The van der Waals surface area contributed by atoms with Crippen molar-refractivity contribution in [3.8, 4) is 0 Å². The van der Waals surface area contributed by atoms with Gasteiger partial charge in [0.2, 0.25) is 0 Å². The predicted octanol–water partition coefficient (Wildman–Crippen LogP) is 4.02. The molecule has 0 saturated carbocycles. The Labute approximate surface area is 106 Å². The Morgan fingerprint density at radius 3 is 1.76 bits per heavy atom. The molecule has 0 spiro atoms. The van der Waals surface area contributed by atoms with Gasteiger partial charge in [0.15, 0.2) is 0 Å². The molecule has 0 fully saturated rings. The highest BCUT2D eigenvalue weighted by molar-refractivity contribution is 5.86. The van der Waals surface area contributed by atoms with Gasteiger partial charge in [0.05, 0.1) is 0 Å². The van der Waals surface area contributed by atoms with Crippen molar-refractivity contribution in [1.29, 1.82) is 0 Å². The maximum Gasteiger partial charge on any atom is 0.140 e. The summed E-state index contributed by atoms with van der Waals surface area (Å²) in [4.78, 5) is 23.7. The van der Waals surface area contributed by atoms with Crippen LogP contribution in [0, 0.1) is 16.7 Å². The van der Waals surface area contributed by atoms with Gasteiger partial charge in [-0.05, 0) is 12.8 Å². The molecular formula is C15H28O2. The van der Waals surface area contributed by atoms with Crippen LogP contribution in [0.25, 0.3) is 0 Å². The quantitative estimate of drug-likeness (QED) is 0.727. The van der Waals surface area contributed by atoms with E-state index in [1.54, 1.807) is 0 Å². The van der Waals surface area contributed by atoms with Crippen LogP contribution in [0.5, 0.6) is 0 Å². The summed E-state index contributed by atoms with van der Waals surface area (Å²) >= 11 is 0. The normalized spacial score (nSPS) is 14.5. The van der Waals surface area contributed by atoms with Gasteiger partial charge in [0.25, 0.3) is 0 Å². The van der Waals surface area contributed by atoms with E-state index in [-0.39, 0.29) is 22.5 Å². The lowest BCUT2D eigenvalue weighted by Gasteiger charge is -2.22. The first-order valence-corrected chi connectivity index (χ1v) is 6.54. The topological polar surface area (TPSA) is 34.1 Å². The molecule has 100 valence electrons. The van der Waals surface area contributed by atoms with E-state index in [4.69, 9.17) is 0 Å². The van der Waals surface area contributed by atoms with Crippen LogP contribution in [0.15, 0.2) is 0 Å². The van der Waals surface area contributed by atoms with E-state index in [1.807, 2.05) is 48.5 Å². The third kappa shape index (κ3) is 5.99. The maximum atomic E-state index is 12.0. The molecule has 1 atom stereocenters. The third-order valence-electron chi connectivity index (χ3n) is 3.06. The number of hydrogen-bond acceptors (Lipinski definition) is 2. The largest absolute Gasteiger partial charge is 0.299 e. The zero-order valence-electron chi connectivity index (χ0n) is 12.5. The van der Waals surface area contributed by atoms with Gasteiger partial charge in [-0.15, -0.1) is 0 Å². The van der Waals surface area contributed by atoms with Crippen LogP contribution >= 0.6 is 0 Å². The fraction of sp³-hybridized carbons (Fsp3) is 0.867. The van der Waals surface area contributed by atoms with Crippen LogP contribution in [0.4, 0.5) is 0 Å². The number of carbonyl (C=O) groups is 2. The van der Waals surface area contributed by atoms with E-state index in [1.165, 1.54) is 0 Å². The van der Waals surface area contributed by atoms with E-state index in [0.717, 1.165) is 12.8 Å². The highest BCUT2D eigenvalue weighted by atomic mass is 16.1. The van der Waals surface area contributed by atoms with Gasteiger partial charge in [-0.2, -0.15) is 0 Å². The smallest absolute Gasteiger partial charge is 0.140 e. The molecular weight excluding hydrogens is 212 g/mol. The van der Waals surface area contributed by atoms with Gasteiger partial charge in [0, 0.05) is 23.2 Å². The van der Waals surface area contributed by atoms with Gasteiger partial charge in [-0.25, -0.2) is 0 Å². The van der Waals surface area contributed by atoms with Crippen molar-refractivity contribution >= 4 is 11.6 Å². The van der Waals surface area contributed by atoms with Gasteiger partial charge in [-0.3, -0.25) is 9.59 Å². The molecule has 0 heterocycles. The zero-order chi connectivity index (χ0) is 13.9. The van der Waals surface area contributed by atoms with Crippen molar-refractivity contribution in [2.45, 2.75) is 67.7 Å². The molecule has 0 aromatic carbocycles. The second-order valence-corrected chi connectivity index (χ2v) is 7.08. The van der Waals surface area contributed by atoms with Crippen molar-refractivity contribution in [1.82, 2.24) is 0 Å². The van der Waals surface area contributed by atoms with Crippen molar-refractivity contribution < 1.29 is 9.59 Å². The summed E-state index contributed by atoms with van der Waals surface area (Å²) in [6.45, 7) is 13.6. The first-order valence-electron chi connectivity index (χ1n) is 6.54. The van der Waals surface area contributed by atoms with Gasteiger partial charge < -0.3 is 0 Å². The Morgan fingerprint density at radius 2 is 1.41 bits per heavy atom. The standard InChI is InChI=1S/C15H28O2/c1-11(13(17)15(5,6)7)9-8-10-12(16)14(2,3)4/h11H,8-10H2,1-7H3. The Hall–Kier alpha value is -0.660. The van der Waals surface area contributed by atoms with Gasteiger partial charge >= 0.3 is 0 Å². The lowest BCUT2D eigenvalue weighted by Crippen LogP contribution is -2.27. The minimum atomic E-state index is -0.270. The summed E-state index contributed by atoms with van der Waals surface area (Å²) in [5.41, 5.74) is -0.523. The van der Waals surface area contributed by atoms with Crippen LogP contribution in [-0.2, 0) is 9.59 Å². The van der Waals surface area contributed by atoms with Crippen molar-refractivity contribution in [2.75, 3.05) is 0 Å². The number of hydrogen-bond donors (Lipinski definition) is 0. The molecule has 0 bridgehead atoms. The molecule has 0 aromatic rings. The molecule has 0 aliphatic heterocycles. The second kappa shape index (κ2) is 5.79. The molecule has 0 rings (SSSR count). The molecule has 17 heavy (non-hydrogen) atoms. The average molecular weight is 240 g/mol. The molecule has 0 amide bonds. The summed E-state index contributed by atoms with van der Waals surface area (Å²) < 4.78 is 0. The lowest BCUT2D eigenvalue weighted by molar-refractivity contribution is -0.131. The molecule has 2 heteroatoms. The molecule has 0 N–H and O–H groups in total. The molecule has 0 saturated heterocycles. The van der Waals surface area contributed by atoms with Crippen LogP contribution < -0.4 is 0 Å². The van der Waals surface area contributed by atoms with Crippen molar-refractivity contribution in [3.63, 3.8) is 0 Å². The van der Waals surface area contributed by atoms with Crippen LogP contribution in [0.3, 0.4) is 0 Å². The summed E-state index contributed by atoms with van der Waals surface area (Å²) in [5.74, 6) is 0.636. The Bertz CT molecular complexity index is 276. The van der Waals surface area contributed by atoms with E-state index in [9.17, 15) is 9.59 Å². The van der Waals surface area contributed by atoms with E-state index in [0.29, 0.717) is 12.2 Å². The summed E-state index contributed by atoms with van der Waals surface area (Å²) in [6.07, 6.45) is 2.22. The minimum absolute atomic E-state index is 0.0581. The Balaban J connectivity index is 4.08. The van der Waals surface area contributed by atoms with Crippen LogP contribution in [-0.4, -0.2) is 11.6 Å². The summed E-state index contributed by atoms with van der Waals surface area (Å²) in [7, 11) is 0. The predicted molar refractivity (Wildman–Crippen MR) is 71.9 cm³/mol. The molecule has 0 aliphatic carbocycles. The average Bonchev–Trinajstić information content (AvgIpc) is 2.13. The monoisotopic (exact) mass is 240 g/mol. The minimum Gasteiger partial charge on any atom is -0.299 e. The van der Waals surface area contributed by atoms with Gasteiger partial charge in [-0.1, -0.05) is 48.5 Å². The highest BCUT2D eigenvalue weighted by Gasteiger charge is 2.27. The summed E-state index contributed by atoms with van der Waals surface area (Å²) in [5, 5.41) is 0.